The first-order valence-corrected chi connectivity index (χ1v) is 8.77. The summed E-state index contributed by atoms with van der Waals surface area (Å²) in [5.74, 6) is -1.41. The zero-order valence-electron chi connectivity index (χ0n) is 13.1. The maximum atomic E-state index is 11.2. The third-order valence-corrected chi connectivity index (χ3v) is 5.54. The number of carboxylic acids is 1. The number of rotatable bonds is 5. The lowest BCUT2D eigenvalue weighted by atomic mass is 9.81. The van der Waals surface area contributed by atoms with E-state index in [4.69, 9.17) is 5.11 Å². The van der Waals surface area contributed by atoms with Crippen LogP contribution >= 0.6 is 11.3 Å². The number of benzene rings is 1. The second-order valence-electron chi connectivity index (χ2n) is 6.28. The molecule has 128 valence electrons. The summed E-state index contributed by atoms with van der Waals surface area (Å²) in [5.41, 5.74) is -0.503. The number of hydrogen-bond acceptors (Lipinski definition) is 5. The number of aliphatic hydroxyl groups is 3. The molecular formula is C18H20O5S. The molecule has 5 nitrogen and oxygen atoms in total. The van der Waals surface area contributed by atoms with Gasteiger partial charge in [-0.25, -0.2) is 4.79 Å². The molecule has 0 spiro atoms. The molecule has 1 aliphatic rings. The van der Waals surface area contributed by atoms with Gasteiger partial charge in [-0.05, 0) is 53.3 Å². The number of aliphatic hydroxyl groups excluding tert-OH is 2. The minimum Gasteiger partial charge on any atom is -0.479 e. The number of carboxylic acid groups (broad SMARTS) is 1. The van der Waals surface area contributed by atoms with Crippen molar-refractivity contribution in [3.63, 3.8) is 0 Å². The van der Waals surface area contributed by atoms with Crippen LogP contribution in [0.5, 0.6) is 0 Å². The van der Waals surface area contributed by atoms with Crippen molar-refractivity contribution >= 4 is 27.4 Å². The number of thiophene rings is 1. The molecule has 1 aromatic heterocycles. The van der Waals surface area contributed by atoms with Gasteiger partial charge in [-0.1, -0.05) is 18.2 Å². The van der Waals surface area contributed by atoms with Gasteiger partial charge in [0, 0.05) is 11.1 Å². The molecule has 0 saturated heterocycles. The van der Waals surface area contributed by atoms with E-state index in [1.807, 2.05) is 12.1 Å². The first-order valence-electron chi connectivity index (χ1n) is 7.89. The van der Waals surface area contributed by atoms with Gasteiger partial charge in [0.2, 0.25) is 0 Å². The number of carbonyl (C=O) groups is 1. The first-order chi connectivity index (χ1) is 11.4. The van der Waals surface area contributed by atoms with Gasteiger partial charge in [-0.3, -0.25) is 0 Å². The molecule has 0 aliphatic heterocycles. The van der Waals surface area contributed by atoms with E-state index in [0.717, 1.165) is 6.42 Å². The molecule has 3 atom stereocenters. The van der Waals surface area contributed by atoms with Crippen molar-refractivity contribution in [2.24, 2.45) is 0 Å². The van der Waals surface area contributed by atoms with E-state index in [-0.39, 0.29) is 0 Å². The zero-order chi connectivity index (χ0) is 17.3. The van der Waals surface area contributed by atoms with Gasteiger partial charge in [-0.2, -0.15) is 0 Å². The van der Waals surface area contributed by atoms with Crippen LogP contribution in [-0.4, -0.2) is 44.2 Å². The molecule has 1 heterocycles. The van der Waals surface area contributed by atoms with Crippen LogP contribution in [-0.2, 0) is 11.2 Å². The number of fused-ring (bicyclic) bond motifs is 1. The maximum Gasteiger partial charge on any atom is 0.339 e. The predicted molar refractivity (Wildman–Crippen MR) is 92.1 cm³/mol. The summed E-state index contributed by atoms with van der Waals surface area (Å²) in [6, 6.07) is 8.14. The van der Waals surface area contributed by atoms with E-state index in [1.165, 1.54) is 21.7 Å². The van der Waals surface area contributed by atoms with Crippen molar-refractivity contribution in [3.05, 3.63) is 46.9 Å². The fraction of sp³-hybridized carbons (Fsp3) is 0.389. The SMILES string of the molecule is O=C(O)C1(O)C=C(CCCc2csc3ccccc23)C(O)C(O)C1. The highest BCUT2D eigenvalue weighted by Gasteiger charge is 2.43. The van der Waals surface area contributed by atoms with Gasteiger partial charge in [-0.15, -0.1) is 11.3 Å². The Balaban J connectivity index is 1.71. The van der Waals surface area contributed by atoms with Gasteiger partial charge in [0.15, 0.2) is 5.60 Å². The summed E-state index contributed by atoms with van der Waals surface area (Å²) in [6.45, 7) is 0. The average Bonchev–Trinajstić information content (AvgIpc) is 2.95. The monoisotopic (exact) mass is 348 g/mol. The fourth-order valence-electron chi connectivity index (χ4n) is 3.21. The van der Waals surface area contributed by atoms with Crippen LogP contribution in [0.1, 0.15) is 24.8 Å². The smallest absolute Gasteiger partial charge is 0.339 e. The molecule has 3 unspecified atom stereocenters. The average molecular weight is 348 g/mol. The van der Waals surface area contributed by atoms with E-state index in [1.54, 1.807) is 11.3 Å². The standard InChI is InChI=1S/C18H20O5S/c19-14-9-18(23,17(21)22)8-11(16(14)20)4-3-5-12-10-24-15-7-2-1-6-13(12)15/h1-2,6-8,10,14,16,19-20,23H,3-5,9H2,(H,21,22). The summed E-state index contributed by atoms with van der Waals surface area (Å²) >= 11 is 1.68. The van der Waals surface area contributed by atoms with Crippen molar-refractivity contribution in [1.82, 2.24) is 0 Å². The van der Waals surface area contributed by atoms with Crippen LogP contribution in [0.3, 0.4) is 0 Å². The lowest BCUT2D eigenvalue weighted by Crippen LogP contribution is -2.48. The minimum atomic E-state index is -2.11. The molecule has 0 fully saturated rings. The Morgan fingerprint density at radius 3 is 2.75 bits per heavy atom. The molecule has 0 saturated carbocycles. The van der Waals surface area contributed by atoms with Crippen molar-refractivity contribution in [2.75, 3.05) is 0 Å². The van der Waals surface area contributed by atoms with Crippen LogP contribution in [0.25, 0.3) is 10.1 Å². The molecular weight excluding hydrogens is 328 g/mol. The lowest BCUT2D eigenvalue weighted by molar-refractivity contribution is -0.158. The van der Waals surface area contributed by atoms with Crippen LogP contribution in [0, 0.1) is 0 Å². The molecule has 0 bridgehead atoms. The lowest BCUT2D eigenvalue weighted by Gasteiger charge is -2.33. The minimum absolute atomic E-state index is 0.387. The Morgan fingerprint density at radius 1 is 1.25 bits per heavy atom. The quantitative estimate of drug-likeness (QED) is 0.620. The maximum absolute atomic E-state index is 11.2. The Hall–Kier alpha value is -1.73. The summed E-state index contributed by atoms with van der Waals surface area (Å²) in [4.78, 5) is 11.2. The van der Waals surface area contributed by atoms with Gasteiger partial charge in [0.05, 0.1) is 6.10 Å². The topological polar surface area (TPSA) is 98.0 Å². The van der Waals surface area contributed by atoms with E-state index in [9.17, 15) is 20.1 Å². The van der Waals surface area contributed by atoms with E-state index >= 15 is 0 Å². The second-order valence-corrected chi connectivity index (χ2v) is 7.19. The molecule has 2 aromatic rings. The molecule has 3 rings (SSSR count). The summed E-state index contributed by atoms with van der Waals surface area (Å²) in [7, 11) is 0. The summed E-state index contributed by atoms with van der Waals surface area (Å²) in [6.07, 6.45) is 0.317. The summed E-state index contributed by atoms with van der Waals surface area (Å²) < 4.78 is 1.22. The highest BCUT2D eigenvalue weighted by Crippen LogP contribution is 2.32. The number of hydrogen-bond donors (Lipinski definition) is 4. The van der Waals surface area contributed by atoms with Crippen LogP contribution in [0.15, 0.2) is 41.3 Å². The molecule has 0 amide bonds. The highest BCUT2D eigenvalue weighted by atomic mass is 32.1. The van der Waals surface area contributed by atoms with Crippen molar-refractivity contribution in [2.45, 2.75) is 43.5 Å². The van der Waals surface area contributed by atoms with Crippen molar-refractivity contribution in [1.29, 1.82) is 0 Å². The second kappa shape index (κ2) is 6.64. The normalized spacial score (nSPS) is 27.2. The number of aryl methyl sites for hydroxylation is 1. The Bertz CT molecular complexity index is 781. The molecule has 0 radical (unpaired) electrons. The molecule has 1 aliphatic carbocycles. The fourth-order valence-corrected chi connectivity index (χ4v) is 4.20. The first kappa shape index (κ1) is 17.1. The highest BCUT2D eigenvalue weighted by molar-refractivity contribution is 7.17. The zero-order valence-corrected chi connectivity index (χ0v) is 13.9. The third kappa shape index (κ3) is 3.23. The van der Waals surface area contributed by atoms with Crippen LogP contribution < -0.4 is 0 Å². The summed E-state index contributed by atoms with van der Waals surface area (Å²) in [5, 5.41) is 42.4. The number of aliphatic carboxylic acids is 1. The van der Waals surface area contributed by atoms with Gasteiger partial charge in [0.25, 0.3) is 0 Å². The molecule has 6 heteroatoms. The molecule has 1 aromatic carbocycles. The van der Waals surface area contributed by atoms with Crippen LogP contribution in [0.4, 0.5) is 0 Å². The van der Waals surface area contributed by atoms with E-state index in [0.29, 0.717) is 18.4 Å². The Kier molecular flexibility index (Phi) is 4.73. The largest absolute Gasteiger partial charge is 0.479 e. The van der Waals surface area contributed by atoms with E-state index in [2.05, 4.69) is 17.5 Å². The van der Waals surface area contributed by atoms with Crippen LogP contribution in [0.2, 0.25) is 0 Å². The van der Waals surface area contributed by atoms with E-state index < -0.39 is 30.2 Å². The van der Waals surface area contributed by atoms with Crippen molar-refractivity contribution < 1.29 is 25.2 Å². The van der Waals surface area contributed by atoms with Gasteiger partial charge in [0.1, 0.15) is 6.10 Å². The molecule has 4 N–H and O–H groups in total. The molecule has 24 heavy (non-hydrogen) atoms. The van der Waals surface area contributed by atoms with Crippen molar-refractivity contribution in [3.8, 4) is 0 Å². The Morgan fingerprint density at radius 2 is 2.00 bits per heavy atom. The van der Waals surface area contributed by atoms with Gasteiger partial charge < -0.3 is 20.4 Å². The Labute approximate surface area is 143 Å². The predicted octanol–water partition coefficient (Wildman–Crippen LogP) is 2.09. The third-order valence-electron chi connectivity index (χ3n) is 4.53. The van der Waals surface area contributed by atoms with Gasteiger partial charge >= 0.3 is 5.97 Å².